The first-order chi connectivity index (χ1) is 12.7. The molecule has 0 fully saturated rings. The molecular weight excluding hydrogens is 328 g/mol. The van der Waals surface area contributed by atoms with Gasteiger partial charge in [-0.15, -0.1) is 0 Å². The highest BCUT2D eigenvalue weighted by atomic mass is 16.5. The molecule has 0 spiro atoms. The molecule has 26 heavy (non-hydrogen) atoms. The van der Waals surface area contributed by atoms with Crippen molar-refractivity contribution in [2.24, 2.45) is 0 Å². The summed E-state index contributed by atoms with van der Waals surface area (Å²) < 4.78 is 16.2. The zero-order chi connectivity index (χ0) is 18.5. The Kier molecular flexibility index (Phi) is 5.23. The molecule has 0 atom stereocenters. The third-order valence-corrected chi connectivity index (χ3v) is 4.33. The fourth-order valence-corrected chi connectivity index (χ4v) is 3.02. The van der Waals surface area contributed by atoms with E-state index in [0.717, 1.165) is 33.3 Å². The van der Waals surface area contributed by atoms with Gasteiger partial charge >= 0.3 is 0 Å². The van der Waals surface area contributed by atoms with Crippen molar-refractivity contribution in [3.8, 4) is 23.3 Å². The molecule has 2 aromatic carbocycles. The van der Waals surface area contributed by atoms with Crippen LogP contribution in [0.4, 0.5) is 0 Å². The van der Waals surface area contributed by atoms with E-state index in [1.165, 1.54) is 0 Å². The largest absolute Gasteiger partial charge is 0.497 e. The minimum atomic E-state index is 0.290. The molecule has 0 radical (unpaired) electrons. The van der Waals surface area contributed by atoms with Crippen LogP contribution in [0.15, 0.2) is 42.6 Å². The highest BCUT2D eigenvalue weighted by molar-refractivity contribution is 5.91. The third-order valence-electron chi connectivity index (χ3n) is 4.33. The fraction of sp³-hybridized carbons (Fsp3) is 0.238. The first-order valence-corrected chi connectivity index (χ1v) is 8.22. The molecule has 0 unspecified atom stereocenters. The summed E-state index contributed by atoms with van der Waals surface area (Å²) in [6.45, 7) is 0. The molecule has 3 rings (SSSR count). The maximum atomic E-state index is 9.12. The van der Waals surface area contributed by atoms with Gasteiger partial charge in [0.1, 0.15) is 5.75 Å². The molecule has 5 heteroatoms. The molecule has 3 aromatic rings. The molecule has 0 N–H and O–H groups in total. The summed E-state index contributed by atoms with van der Waals surface area (Å²) in [5, 5.41) is 11.0. The van der Waals surface area contributed by atoms with Gasteiger partial charge < -0.3 is 14.2 Å². The number of hydrogen-bond donors (Lipinski definition) is 0. The molecule has 5 nitrogen and oxygen atoms in total. The molecular formula is C21H20N2O3. The van der Waals surface area contributed by atoms with E-state index < -0.39 is 0 Å². The number of benzene rings is 2. The van der Waals surface area contributed by atoms with Gasteiger partial charge in [0.25, 0.3) is 0 Å². The molecule has 1 heterocycles. The number of methoxy groups -OCH3 is 3. The molecule has 0 aliphatic heterocycles. The topological polar surface area (TPSA) is 64.4 Å². The number of ether oxygens (including phenoxy) is 3. The van der Waals surface area contributed by atoms with Gasteiger partial charge in [-0.3, -0.25) is 4.98 Å². The quantitative estimate of drug-likeness (QED) is 0.675. The van der Waals surface area contributed by atoms with Gasteiger partial charge in [-0.2, -0.15) is 5.26 Å². The summed E-state index contributed by atoms with van der Waals surface area (Å²) in [5.41, 5.74) is 2.88. The maximum absolute atomic E-state index is 9.12. The SMILES string of the molecule is COc1cccc(Cc2ncc(CC#N)c3cc(OC)c(OC)cc23)c1. The van der Waals surface area contributed by atoms with Gasteiger partial charge in [0, 0.05) is 18.0 Å². The zero-order valence-electron chi connectivity index (χ0n) is 15.1. The van der Waals surface area contributed by atoms with Crippen molar-refractivity contribution in [1.82, 2.24) is 4.98 Å². The van der Waals surface area contributed by atoms with E-state index in [2.05, 4.69) is 11.1 Å². The first kappa shape index (κ1) is 17.6. The van der Waals surface area contributed by atoms with Gasteiger partial charge in [0.2, 0.25) is 0 Å². The van der Waals surface area contributed by atoms with Crippen LogP contribution in [-0.4, -0.2) is 26.3 Å². The van der Waals surface area contributed by atoms with Crippen molar-refractivity contribution in [1.29, 1.82) is 5.26 Å². The molecule has 0 bridgehead atoms. The average molecular weight is 348 g/mol. The highest BCUT2D eigenvalue weighted by Gasteiger charge is 2.14. The average Bonchev–Trinajstić information content (AvgIpc) is 2.69. The van der Waals surface area contributed by atoms with Gasteiger partial charge in [0.05, 0.1) is 39.5 Å². The molecule has 132 valence electrons. The Balaban J connectivity index is 2.15. The Labute approximate surface area is 152 Å². The standard InChI is InChI=1S/C21H20N2O3/c1-24-16-6-4-5-14(9-16)10-19-18-12-21(26-3)20(25-2)11-17(18)15(7-8-22)13-23-19/h4-6,9,11-13H,7,10H2,1-3H3. The first-order valence-electron chi connectivity index (χ1n) is 8.22. The second kappa shape index (κ2) is 7.75. The van der Waals surface area contributed by atoms with E-state index in [9.17, 15) is 0 Å². The van der Waals surface area contributed by atoms with Crippen LogP contribution >= 0.6 is 0 Å². The zero-order valence-corrected chi connectivity index (χ0v) is 15.1. The lowest BCUT2D eigenvalue weighted by atomic mass is 9.99. The highest BCUT2D eigenvalue weighted by Crippen LogP contribution is 2.35. The Morgan fingerprint density at radius 1 is 0.962 bits per heavy atom. The number of aromatic nitrogens is 1. The summed E-state index contributed by atoms with van der Waals surface area (Å²) in [6.07, 6.45) is 2.71. The van der Waals surface area contributed by atoms with Crippen molar-refractivity contribution in [3.05, 3.63) is 59.4 Å². The Morgan fingerprint density at radius 2 is 1.69 bits per heavy atom. The fourth-order valence-electron chi connectivity index (χ4n) is 3.02. The third kappa shape index (κ3) is 3.40. The smallest absolute Gasteiger partial charge is 0.161 e. The molecule has 0 saturated carbocycles. The van der Waals surface area contributed by atoms with E-state index in [4.69, 9.17) is 19.5 Å². The summed E-state index contributed by atoms with van der Waals surface area (Å²) in [6, 6.07) is 14.0. The molecule has 1 aromatic heterocycles. The summed E-state index contributed by atoms with van der Waals surface area (Å²) >= 11 is 0. The minimum absolute atomic E-state index is 0.290. The molecule has 0 amide bonds. The van der Waals surface area contributed by atoms with Crippen LogP contribution in [0.5, 0.6) is 17.2 Å². The van der Waals surface area contributed by atoms with Crippen molar-refractivity contribution >= 4 is 10.8 Å². The van der Waals surface area contributed by atoms with Crippen LogP contribution in [0.1, 0.15) is 16.8 Å². The van der Waals surface area contributed by atoms with Gasteiger partial charge in [-0.25, -0.2) is 0 Å². The predicted octanol–water partition coefficient (Wildman–Crippen LogP) is 3.92. The van der Waals surface area contributed by atoms with E-state index in [0.29, 0.717) is 24.3 Å². The predicted molar refractivity (Wildman–Crippen MR) is 100.0 cm³/mol. The van der Waals surface area contributed by atoms with Crippen LogP contribution in [0, 0.1) is 11.3 Å². The monoisotopic (exact) mass is 348 g/mol. The minimum Gasteiger partial charge on any atom is -0.497 e. The van der Waals surface area contributed by atoms with Gasteiger partial charge in [0.15, 0.2) is 11.5 Å². The Hall–Kier alpha value is -3.26. The molecule has 0 saturated heterocycles. The van der Waals surface area contributed by atoms with Crippen LogP contribution in [0.25, 0.3) is 10.8 Å². The van der Waals surface area contributed by atoms with Crippen LogP contribution < -0.4 is 14.2 Å². The van der Waals surface area contributed by atoms with E-state index in [1.807, 2.05) is 36.4 Å². The van der Waals surface area contributed by atoms with Crippen molar-refractivity contribution in [3.63, 3.8) is 0 Å². The van der Waals surface area contributed by atoms with Crippen LogP contribution in [0.2, 0.25) is 0 Å². The number of nitrogens with zero attached hydrogens (tertiary/aromatic N) is 2. The Morgan fingerprint density at radius 3 is 2.35 bits per heavy atom. The molecule has 0 aliphatic rings. The molecule has 0 aliphatic carbocycles. The van der Waals surface area contributed by atoms with E-state index >= 15 is 0 Å². The van der Waals surface area contributed by atoms with E-state index in [1.54, 1.807) is 27.5 Å². The second-order valence-corrected chi connectivity index (χ2v) is 5.85. The van der Waals surface area contributed by atoms with Gasteiger partial charge in [-0.1, -0.05) is 12.1 Å². The van der Waals surface area contributed by atoms with E-state index in [-0.39, 0.29) is 0 Å². The lowest BCUT2D eigenvalue weighted by molar-refractivity contribution is 0.356. The Bertz CT molecular complexity index is 977. The number of fused-ring (bicyclic) bond motifs is 1. The summed E-state index contributed by atoms with van der Waals surface area (Å²) in [5.74, 6) is 2.09. The summed E-state index contributed by atoms with van der Waals surface area (Å²) in [7, 11) is 4.87. The van der Waals surface area contributed by atoms with Crippen LogP contribution in [0.3, 0.4) is 0 Å². The number of hydrogen-bond acceptors (Lipinski definition) is 5. The second-order valence-electron chi connectivity index (χ2n) is 5.85. The van der Waals surface area contributed by atoms with Gasteiger partial charge in [-0.05, 0) is 40.8 Å². The summed E-state index contributed by atoms with van der Waals surface area (Å²) in [4.78, 5) is 4.62. The lowest BCUT2D eigenvalue weighted by Crippen LogP contribution is -1.99. The normalized spacial score (nSPS) is 10.4. The van der Waals surface area contributed by atoms with Crippen molar-refractivity contribution in [2.75, 3.05) is 21.3 Å². The van der Waals surface area contributed by atoms with Crippen molar-refractivity contribution < 1.29 is 14.2 Å². The number of nitriles is 1. The maximum Gasteiger partial charge on any atom is 0.161 e. The van der Waals surface area contributed by atoms with Crippen LogP contribution in [-0.2, 0) is 12.8 Å². The number of pyridine rings is 1. The lowest BCUT2D eigenvalue weighted by Gasteiger charge is -2.14. The number of rotatable bonds is 6. The van der Waals surface area contributed by atoms with Crippen molar-refractivity contribution in [2.45, 2.75) is 12.8 Å².